The average Bonchev–Trinajstić information content (AvgIpc) is 2.71. The average molecular weight is 261 g/mol. The summed E-state index contributed by atoms with van der Waals surface area (Å²) in [5.74, 6) is 0. The van der Waals surface area contributed by atoms with Crippen LogP contribution in [0.5, 0.6) is 0 Å². The topological polar surface area (TPSA) is 69.2 Å². The summed E-state index contributed by atoms with van der Waals surface area (Å²) in [4.78, 5) is 20.2. The smallest absolute Gasteiger partial charge is 0.407 e. The summed E-state index contributed by atoms with van der Waals surface area (Å²) in [6.07, 6.45) is 3.42. The number of aromatic nitrogens is 2. The first-order chi connectivity index (χ1) is 8.89. The largest absolute Gasteiger partial charge is 0.465 e. The molecule has 0 spiro atoms. The molecule has 0 aliphatic carbocycles. The highest BCUT2D eigenvalue weighted by Gasteiger charge is 2.25. The zero-order chi connectivity index (χ0) is 14.0. The van der Waals surface area contributed by atoms with Gasteiger partial charge in [0.25, 0.3) is 0 Å². The van der Waals surface area contributed by atoms with Gasteiger partial charge < -0.3 is 15.0 Å². The van der Waals surface area contributed by atoms with Gasteiger partial charge in [-0.25, -0.2) is 4.79 Å². The minimum absolute atomic E-state index is 0.397. The number of carbonyl (C=O) groups is 1. The number of hydrogen-bond donors (Lipinski definition) is 2. The molecule has 1 amide bonds. The Morgan fingerprint density at radius 3 is 2.84 bits per heavy atom. The number of hydrogen-bond acceptors (Lipinski definition) is 2. The molecular formula is C14H19N3O2. The van der Waals surface area contributed by atoms with Crippen LogP contribution < -0.4 is 0 Å². The van der Waals surface area contributed by atoms with E-state index in [2.05, 4.69) is 9.97 Å². The number of carboxylic acid groups (broad SMARTS) is 1. The quantitative estimate of drug-likeness (QED) is 0.892. The van der Waals surface area contributed by atoms with Gasteiger partial charge in [-0.3, -0.25) is 4.98 Å². The fourth-order valence-corrected chi connectivity index (χ4v) is 2.15. The van der Waals surface area contributed by atoms with Crippen LogP contribution in [0, 0.1) is 0 Å². The van der Waals surface area contributed by atoms with Gasteiger partial charge in [-0.15, -0.1) is 0 Å². The number of H-pyrrole nitrogens is 1. The Hall–Kier alpha value is -2.04. The molecule has 5 nitrogen and oxygen atoms in total. The van der Waals surface area contributed by atoms with Gasteiger partial charge in [0, 0.05) is 24.5 Å². The molecule has 0 aromatic carbocycles. The van der Waals surface area contributed by atoms with Gasteiger partial charge in [-0.05, 0) is 44.9 Å². The standard InChI is InChI=1S/C14H19N3O2/c1-14(2,3)17(13(18)19)8-6-10-9-16-11-5-4-7-15-12(10)11/h4-5,7,9,16H,6,8H2,1-3H3,(H,18,19). The predicted octanol–water partition coefficient (Wildman–Crippen LogP) is 2.88. The van der Waals surface area contributed by atoms with E-state index in [0.29, 0.717) is 13.0 Å². The summed E-state index contributed by atoms with van der Waals surface area (Å²) >= 11 is 0. The van der Waals surface area contributed by atoms with Crippen LogP contribution in [0.25, 0.3) is 11.0 Å². The molecule has 2 rings (SSSR count). The molecule has 0 atom stereocenters. The van der Waals surface area contributed by atoms with Gasteiger partial charge >= 0.3 is 6.09 Å². The SMILES string of the molecule is CC(C)(C)N(CCc1c[nH]c2cccnc12)C(=O)O. The number of fused-ring (bicyclic) bond motifs is 1. The summed E-state index contributed by atoms with van der Waals surface area (Å²) in [6, 6.07) is 3.84. The third-order valence-electron chi connectivity index (χ3n) is 3.16. The fraction of sp³-hybridized carbons (Fsp3) is 0.429. The number of nitrogens with one attached hydrogen (secondary N) is 1. The van der Waals surface area contributed by atoms with Gasteiger partial charge in [-0.2, -0.15) is 0 Å². The Balaban J connectivity index is 2.15. The fourth-order valence-electron chi connectivity index (χ4n) is 2.15. The number of pyridine rings is 1. The lowest BCUT2D eigenvalue weighted by atomic mass is 10.1. The second-order valence-electron chi connectivity index (χ2n) is 5.57. The van der Waals surface area contributed by atoms with E-state index in [-0.39, 0.29) is 0 Å². The Morgan fingerprint density at radius 1 is 1.47 bits per heavy atom. The molecule has 2 aromatic rings. The number of aromatic amines is 1. The third kappa shape index (κ3) is 2.86. The van der Waals surface area contributed by atoms with Gasteiger partial charge in [0.15, 0.2) is 0 Å². The Kier molecular flexibility index (Phi) is 3.46. The van der Waals surface area contributed by atoms with E-state index in [1.165, 1.54) is 4.90 Å². The molecule has 0 radical (unpaired) electrons. The van der Waals surface area contributed by atoms with Gasteiger partial charge in [-0.1, -0.05) is 0 Å². The Bertz CT molecular complexity index is 584. The van der Waals surface area contributed by atoms with Gasteiger partial charge in [0.1, 0.15) is 0 Å². The molecule has 2 N–H and O–H groups in total. The molecule has 0 aliphatic heterocycles. The second-order valence-corrected chi connectivity index (χ2v) is 5.57. The highest BCUT2D eigenvalue weighted by molar-refractivity contribution is 5.78. The monoisotopic (exact) mass is 261 g/mol. The van der Waals surface area contributed by atoms with Crippen LogP contribution in [-0.4, -0.2) is 38.2 Å². The van der Waals surface area contributed by atoms with E-state index in [4.69, 9.17) is 0 Å². The van der Waals surface area contributed by atoms with E-state index >= 15 is 0 Å². The van der Waals surface area contributed by atoms with Crippen LogP contribution in [-0.2, 0) is 6.42 Å². The molecule has 102 valence electrons. The summed E-state index contributed by atoms with van der Waals surface area (Å²) in [5.41, 5.74) is 2.55. The number of amides is 1. The molecule has 0 fully saturated rings. The summed E-state index contributed by atoms with van der Waals surface area (Å²) in [7, 11) is 0. The molecule has 0 saturated heterocycles. The Labute approximate surface area is 112 Å². The van der Waals surface area contributed by atoms with Crippen molar-refractivity contribution in [1.29, 1.82) is 0 Å². The van der Waals surface area contributed by atoms with E-state index in [1.807, 2.05) is 39.1 Å². The molecule has 0 unspecified atom stereocenters. The van der Waals surface area contributed by atoms with Crippen molar-refractivity contribution < 1.29 is 9.90 Å². The minimum atomic E-state index is -0.889. The van der Waals surface area contributed by atoms with Gasteiger partial charge in [0.05, 0.1) is 11.0 Å². The molecule has 0 saturated carbocycles. The molecular weight excluding hydrogens is 242 g/mol. The van der Waals surface area contributed by atoms with Crippen LogP contribution in [0.4, 0.5) is 4.79 Å². The van der Waals surface area contributed by atoms with Crippen LogP contribution in [0.2, 0.25) is 0 Å². The highest BCUT2D eigenvalue weighted by atomic mass is 16.4. The maximum atomic E-state index is 11.3. The first kappa shape index (κ1) is 13.4. The molecule has 2 heterocycles. The van der Waals surface area contributed by atoms with E-state index in [1.54, 1.807) is 6.20 Å². The lowest BCUT2D eigenvalue weighted by molar-refractivity contribution is 0.101. The van der Waals surface area contributed by atoms with Crippen molar-refractivity contribution in [3.63, 3.8) is 0 Å². The summed E-state index contributed by atoms with van der Waals surface area (Å²) in [5, 5.41) is 9.25. The van der Waals surface area contributed by atoms with Crippen LogP contribution in [0.15, 0.2) is 24.5 Å². The molecule has 5 heteroatoms. The Morgan fingerprint density at radius 2 is 2.21 bits per heavy atom. The van der Waals surface area contributed by atoms with E-state index < -0.39 is 11.6 Å². The lowest BCUT2D eigenvalue weighted by Crippen LogP contribution is -2.45. The van der Waals surface area contributed by atoms with Crippen molar-refractivity contribution in [2.45, 2.75) is 32.7 Å². The first-order valence-electron chi connectivity index (χ1n) is 6.31. The molecule has 0 bridgehead atoms. The highest BCUT2D eigenvalue weighted by Crippen LogP contribution is 2.18. The van der Waals surface area contributed by atoms with Crippen LogP contribution >= 0.6 is 0 Å². The summed E-state index contributed by atoms with van der Waals surface area (Å²) < 4.78 is 0. The van der Waals surface area contributed by atoms with E-state index in [0.717, 1.165) is 16.6 Å². The second kappa shape index (κ2) is 4.91. The molecule has 0 aliphatic rings. The van der Waals surface area contributed by atoms with E-state index in [9.17, 15) is 9.90 Å². The van der Waals surface area contributed by atoms with Crippen LogP contribution in [0.1, 0.15) is 26.3 Å². The van der Waals surface area contributed by atoms with Crippen molar-refractivity contribution in [2.24, 2.45) is 0 Å². The van der Waals surface area contributed by atoms with Crippen molar-refractivity contribution >= 4 is 17.1 Å². The zero-order valence-corrected chi connectivity index (χ0v) is 11.5. The number of nitrogens with zero attached hydrogens (tertiary/aromatic N) is 2. The molecule has 2 aromatic heterocycles. The predicted molar refractivity (Wildman–Crippen MR) is 74.3 cm³/mol. The van der Waals surface area contributed by atoms with Crippen molar-refractivity contribution in [3.05, 3.63) is 30.1 Å². The lowest BCUT2D eigenvalue weighted by Gasteiger charge is -2.33. The minimum Gasteiger partial charge on any atom is -0.465 e. The first-order valence-corrected chi connectivity index (χ1v) is 6.31. The number of rotatable bonds is 3. The maximum absolute atomic E-state index is 11.3. The normalized spacial score (nSPS) is 11.7. The summed E-state index contributed by atoms with van der Waals surface area (Å²) in [6.45, 7) is 6.15. The zero-order valence-electron chi connectivity index (χ0n) is 11.5. The molecule has 19 heavy (non-hydrogen) atoms. The maximum Gasteiger partial charge on any atom is 0.407 e. The van der Waals surface area contributed by atoms with Crippen molar-refractivity contribution in [2.75, 3.05) is 6.54 Å². The van der Waals surface area contributed by atoms with Crippen molar-refractivity contribution in [1.82, 2.24) is 14.9 Å². The van der Waals surface area contributed by atoms with Gasteiger partial charge in [0.2, 0.25) is 0 Å². The third-order valence-corrected chi connectivity index (χ3v) is 3.16. The van der Waals surface area contributed by atoms with Crippen LogP contribution in [0.3, 0.4) is 0 Å². The van der Waals surface area contributed by atoms with Crippen molar-refractivity contribution in [3.8, 4) is 0 Å².